The second-order valence-corrected chi connectivity index (χ2v) is 5.97. The van der Waals surface area contributed by atoms with Crippen LogP contribution >= 0.6 is 0 Å². The molecule has 1 aliphatic heterocycles. The largest absolute Gasteiger partial charge is 0.307 e. The van der Waals surface area contributed by atoms with E-state index in [0.29, 0.717) is 18.2 Å². The van der Waals surface area contributed by atoms with Crippen molar-refractivity contribution in [1.82, 2.24) is 10.2 Å². The molecule has 16 heavy (non-hydrogen) atoms. The number of rotatable bonds is 4. The summed E-state index contributed by atoms with van der Waals surface area (Å²) in [6.45, 7) is 13.0. The van der Waals surface area contributed by atoms with E-state index in [4.69, 9.17) is 0 Å². The normalized spacial score (nSPS) is 22.4. The molecule has 3 heteroatoms. The number of nitrogens with one attached hydrogen (secondary N) is 1. The van der Waals surface area contributed by atoms with Gasteiger partial charge in [0.15, 0.2) is 5.78 Å². The Hall–Kier alpha value is -0.410. The van der Waals surface area contributed by atoms with Gasteiger partial charge in [-0.2, -0.15) is 0 Å². The van der Waals surface area contributed by atoms with Gasteiger partial charge < -0.3 is 5.32 Å². The van der Waals surface area contributed by atoms with Crippen molar-refractivity contribution in [2.45, 2.75) is 65.1 Å². The van der Waals surface area contributed by atoms with E-state index in [1.54, 1.807) is 0 Å². The van der Waals surface area contributed by atoms with Crippen LogP contribution in [-0.4, -0.2) is 41.4 Å². The molecular formula is C13H26N2O. The minimum Gasteiger partial charge on any atom is -0.307 e. The standard InChI is InChI=1S/C13H26N2O/c1-10(2)15(13(3,4)5)9-7-11-12(16)6-8-14-11/h10-11,14H,6-9H2,1-5H3. The Bertz CT molecular complexity index is 243. The summed E-state index contributed by atoms with van der Waals surface area (Å²) in [5, 5.41) is 3.28. The summed E-state index contributed by atoms with van der Waals surface area (Å²) in [5.41, 5.74) is 0.176. The van der Waals surface area contributed by atoms with Crippen molar-refractivity contribution in [2.75, 3.05) is 13.1 Å². The number of hydrogen-bond acceptors (Lipinski definition) is 3. The van der Waals surface area contributed by atoms with Crippen LogP contribution in [0.5, 0.6) is 0 Å². The van der Waals surface area contributed by atoms with Gasteiger partial charge in [0.05, 0.1) is 6.04 Å². The van der Waals surface area contributed by atoms with Gasteiger partial charge in [0.2, 0.25) is 0 Å². The summed E-state index contributed by atoms with van der Waals surface area (Å²) in [7, 11) is 0. The van der Waals surface area contributed by atoms with Crippen LogP contribution in [0.25, 0.3) is 0 Å². The zero-order valence-corrected chi connectivity index (χ0v) is 11.3. The molecule has 0 bridgehead atoms. The Balaban J connectivity index is 2.47. The highest BCUT2D eigenvalue weighted by Gasteiger charge is 2.28. The molecule has 1 aliphatic rings. The summed E-state index contributed by atoms with van der Waals surface area (Å²) in [5.74, 6) is 0.387. The highest BCUT2D eigenvalue weighted by atomic mass is 16.1. The van der Waals surface area contributed by atoms with E-state index in [0.717, 1.165) is 19.5 Å². The first-order valence-electron chi connectivity index (χ1n) is 6.35. The summed E-state index contributed by atoms with van der Waals surface area (Å²) in [6, 6.07) is 0.625. The third-order valence-corrected chi connectivity index (χ3v) is 3.29. The average molecular weight is 226 g/mol. The van der Waals surface area contributed by atoms with Crippen molar-refractivity contribution in [3.63, 3.8) is 0 Å². The molecular weight excluding hydrogens is 200 g/mol. The first-order valence-corrected chi connectivity index (χ1v) is 6.35. The first kappa shape index (κ1) is 13.7. The zero-order valence-electron chi connectivity index (χ0n) is 11.3. The second-order valence-electron chi connectivity index (χ2n) is 5.97. The van der Waals surface area contributed by atoms with Crippen molar-refractivity contribution < 1.29 is 4.79 Å². The van der Waals surface area contributed by atoms with Gasteiger partial charge in [-0.1, -0.05) is 0 Å². The molecule has 1 N–H and O–H groups in total. The molecule has 0 aromatic rings. The number of Topliss-reactive ketones (excluding diaryl/α,β-unsaturated/α-hetero) is 1. The molecule has 0 aromatic carbocycles. The van der Waals surface area contributed by atoms with E-state index in [2.05, 4.69) is 44.8 Å². The fourth-order valence-electron chi connectivity index (χ4n) is 2.56. The molecule has 0 amide bonds. The molecule has 0 saturated carbocycles. The van der Waals surface area contributed by atoms with Crippen LogP contribution in [-0.2, 0) is 4.79 Å². The fourth-order valence-corrected chi connectivity index (χ4v) is 2.56. The molecule has 1 fully saturated rings. The SMILES string of the molecule is CC(C)N(CCC1NCCC1=O)C(C)(C)C. The number of hydrogen-bond donors (Lipinski definition) is 1. The van der Waals surface area contributed by atoms with Gasteiger partial charge in [-0.05, 0) is 41.0 Å². The maximum atomic E-state index is 11.5. The van der Waals surface area contributed by atoms with Gasteiger partial charge in [-0.15, -0.1) is 0 Å². The van der Waals surface area contributed by atoms with Crippen LogP contribution in [0.1, 0.15) is 47.5 Å². The molecule has 1 unspecified atom stereocenters. The lowest BCUT2D eigenvalue weighted by Crippen LogP contribution is -2.47. The molecule has 0 aliphatic carbocycles. The lowest BCUT2D eigenvalue weighted by Gasteiger charge is -2.39. The Morgan fingerprint density at radius 1 is 1.44 bits per heavy atom. The predicted molar refractivity (Wildman–Crippen MR) is 67.6 cm³/mol. The van der Waals surface area contributed by atoms with Crippen LogP contribution < -0.4 is 5.32 Å². The highest BCUT2D eigenvalue weighted by molar-refractivity contribution is 5.86. The van der Waals surface area contributed by atoms with E-state index in [1.165, 1.54) is 0 Å². The van der Waals surface area contributed by atoms with Gasteiger partial charge in [0.1, 0.15) is 0 Å². The van der Waals surface area contributed by atoms with Gasteiger partial charge in [-0.25, -0.2) is 0 Å². The molecule has 94 valence electrons. The molecule has 1 atom stereocenters. The topological polar surface area (TPSA) is 32.3 Å². The van der Waals surface area contributed by atoms with Gasteiger partial charge >= 0.3 is 0 Å². The number of ketones is 1. The molecule has 3 nitrogen and oxygen atoms in total. The number of carbonyl (C=O) groups excluding carboxylic acids is 1. The Morgan fingerprint density at radius 2 is 2.06 bits per heavy atom. The van der Waals surface area contributed by atoms with Gasteiger partial charge in [0, 0.05) is 31.1 Å². The minimum absolute atomic E-state index is 0.101. The monoisotopic (exact) mass is 226 g/mol. The minimum atomic E-state index is 0.101. The van der Waals surface area contributed by atoms with Crippen LogP contribution in [0.3, 0.4) is 0 Å². The lowest BCUT2D eigenvalue weighted by atomic mass is 10.0. The fraction of sp³-hybridized carbons (Fsp3) is 0.923. The van der Waals surface area contributed by atoms with Crippen LogP contribution in [0, 0.1) is 0 Å². The first-order chi connectivity index (χ1) is 7.32. The third kappa shape index (κ3) is 3.56. The van der Waals surface area contributed by atoms with Crippen molar-refractivity contribution in [1.29, 1.82) is 0 Å². The highest BCUT2D eigenvalue weighted by Crippen LogP contribution is 2.18. The molecule has 1 rings (SSSR count). The van der Waals surface area contributed by atoms with E-state index in [1.807, 2.05) is 0 Å². The maximum Gasteiger partial charge on any atom is 0.151 e. The van der Waals surface area contributed by atoms with Crippen LogP contribution in [0.4, 0.5) is 0 Å². The number of nitrogens with zero attached hydrogens (tertiary/aromatic N) is 1. The van der Waals surface area contributed by atoms with Gasteiger partial charge in [-0.3, -0.25) is 9.69 Å². The quantitative estimate of drug-likeness (QED) is 0.793. The molecule has 0 aromatic heterocycles. The smallest absolute Gasteiger partial charge is 0.151 e. The Morgan fingerprint density at radius 3 is 2.44 bits per heavy atom. The van der Waals surface area contributed by atoms with Crippen LogP contribution in [0.2, 0.25) is 0 Å². The summed E-state index contributed by atoms with van der Waals surface area (Å²) in [4.78, 5) is 14.0. The predicted octanol–water partition coefficient (Wildman–Crippen LogP) is 1.82. The molecule has 0 spiro atoms. The van der Waals surface area contributed by atoms with E-state index < -0.39 is 0 Å². The van der Waals surface area contributed by atoms with Crippen molar-refractivity contribution in [2.24, 2.45) is 0 Å². The number of carbonyl (C=O) groups is 1. The van der Waals surface area contributed by atoms with Crippen molar-refractivity contribution in [3.8, 4) is 0 Å². The average Bonchev–Trinajstić information content (AvgIpc) is 2.49. The third-order valence-electron chi connectivity index (χ3n) is 3.29. The molecule has 1 saturated heterocycles. The summed E-state index contributed by atoms with van der Waals surface area (Å²) < 4.78 is 0. The lowest BCUT2D eigenvalue weighted by molar-refractivity contribution is -0.119. The Labute approximate surface area is 99.6 Å². The zero-order chi connectivity index (χ0) is 12.3. The van der Waals surface area contributed by atoms with Crippen LogP contribution in [0.15, 0.2) is 0 Å². The van der Waals surface area contributed by atoms with E-state index in [9.17, 15) is 4.79 Å². The van der Waals surface area contributed by atoms with Crippen molar-refractivity contribution >= 4 is 5.78 Å². The second kappa shape index (κ2) is 5.28. The summed E-state index contributed by atoms with van der Waals surface area (Å²) in [6.07, 6.45) is 1.65. The van der Waals surface area contributed by atoms with Gasteiger partial charge in [0.25, 0.3) is 0 Å². The molecule has 1 heterocycles. The molecule has 0 radical (unpaired) electrons. The maximum absolute atomic E-state index is 11.5. The Kier molecular flexibility index (Phi) is 4.51. The van der Waals surface area contributed by atoms with E-state index in [-0.39, 0.29) is 11.6 Å². The van der Waals surface area contributed by atoms with E-state index >= 15 is 0 Å². The van der Waals surface area contributed by atoms with Crippen molar-refractivity contribution in [3.05, 3.63) is 0 Å². The summed E-state index contributed by atoms with van der Waals surface area (Å²) >= 11 is 0.